The van der Waals surface area contributed by atoms with Gasteiger partial charge in [0.15, 0.2) is 0 Å². The molecule has 16 heavy (non-hydrogen) atoms. The van der Waals surface area contributed by atoms with Crippen molar-refractivity contribution in [3.05, 3.63) is 35.0 Å². The standard InChI is InChI=1S/C14H18N2/c1-9(15)5-12-8-16-14-7-11-4-2-3-10(11)6-13(12)14/h6-9,16H,2-5,15H2,1H3. The summed E-state index contributed by atoms with van der Waals surface area (Å²) in [4.78, 5) is 3.37. The number of H-pyrrole nitrogens is 1. The van der Waals surface area contributed by atoms with Crippen LogP contribution in [0.4, 0.5) is 0 Å². The highest BCUT2D eigenvalue weighted by Crippen LogP contribution is 2.29. The van der Waals surface area contributed by atoms with Crippen LogP contribution in [0.15, 0.2) is 18.3 Å². The third-order valence-corrected chi connectivity index (χ3v) is 3.52. The highest BCUT2D eigenvalue weighted by atomic mass is 14.7. The molecule has 1 aromatic heterocycles. The van der Waals surface area contributed by atoms with E-state index in [-0.39, 0.29) is 6.04 Å². The van der Waals surface area contributed by atoms with Crippen molar-refractivity contribution in [2.45, 2.75) is 38.6 Å². The first-order valence-corrected chi connectivity index (χ1v) is 6.11. The normalized spacial score (nSPS) is 16.6. The molecule has 84 valence electrons. The van der Waals surface area contributed by atoms with Gasteiger partial charge in [-0.15, -0.1) is 0 Å². The minimum atomic E-state index is 0.229. The van der Waals surface area contributed by atoms with Crippen molar-refractivity contribution >= 4 is 10.9 Å². The first-order valence-electron chi connectivity index (χ1n) is 6.11. The maximum Gasteiger partial charge on any atom is 0.0459 e. The number of nitrogens with one attached hydrogen (secondary N) is 1. The monoisotopic (exact) mass is 214 g/mol. The number of aromatic nitrogens is 1. The fourth-order valence-electron chi connectivity index (χ4n) is 2.77. The maximum atomic E-state index is 5.87. The fourth-order valence-corrected chi connectivity index (χ4v) is 2.77. The predicted molar refractivity (Wildman–Crippen MR) is 67.7 cm³/mol. The third-order valence-electron chi connectivity index (χ3n) is 3.52. The Hall–Kier alpha value is -1.28. The van der Waals surface area contributed by atoms with Gasteiger partial charge in [-0.25, -0.2) is 0 Å². The second kappa shape index (κ2) is 3.63. The van der Waals surface area contributed by atoms with Crippen molar-refractivity contribution in [1.82, 2.24) is 4.98 Å². The molecular formula is C14H18N2. The van der Waals surface area contributed by atoms with Gasteiger partial charge in [-0.3, -0.25) is 0 Å². The molecular weight excluding hydrogens is 196 g/mol. The highest BCUT2D eigenvalue weighted by molar-refractivity contribution is 5.85. The van der Waals surface area contributed by atoms with Gasteiger partial charge in [0.2, 0.25) is 0 Å². The van der Waals surface area contributed by atoms with Crippen LogP contribution in [0, 0.1) is 0 Å². The molecule has 1 aromatic carbocycles. The molecule has 1 aliphatic rings. The molecule has 0 spiro atoms. The number of rotatable bonds is 2. The van der Waals surface area contributed by atoms with E-state index in [0.29, 0.717) is 0 Å². The van der Waals surface area contributed by atoms with Crippen molar-refractivity contribution in [3.8, 4) is 0 Å². The van der Waals surface area contributed by atoms with Gasteiger partial charge in [-0.1, -0.05) is 0 Å². The molecule has 1 atom stereocenters. The van der Waals surface area contributed by atoms with Crippen molar-refractivity contribution in [3.63, 3.8) is 0 Å². The maximum absolute atomic E-state index is 5.87. The van der Waals surface area contributed by atoms with Crippen LogP contribution in [-0.4, -0.2) is 11.0 Å². The smallest absolute Gasteiger partial charge is 0.0459 e. The van der Waals surface area contributed by atoms with Crippen molar-refractivity contribution in [1.29, 1.82) is 0 Å². The van der Waals surface area contributed by atoms with Gasteiger partial charge in [-0.05, 0) is 61.4 Å². The molecule has 1 heterocycles. The molecule has 1 unspecified atom stereocenters. The Bertz CT molecular complexity index is 523. The van der Waals surface area contributed by atoms with Gasteiger partial charge >= 0.3 is 0 Å². The van der Waals surface area contributed by atoms with Crippen LogP contribution < -0.4 is 5.73 Å². The zero-order valence-electron chi connectivity index (χ0n) is 9.72. The van der Waals surface area contributed by atoms with Crippen LogP contribution in [0.5, 0.6) is 0 Å². The molecule has 0 saturated carbocycles. The number of hydrogen-bond acceptors (Lipinski definition) is 1. The Morgan fingerprint density at radius 2 is 2.06 bits per heavy atom. The molecule has 2 heteroatoms. The number of aromatic amines is 1. The summed E-state index contributed by atoms with van der Waals surface area (Å²) in [6.07, 6.45) is 6.87. The van der Waals surface area contributed by atoms with Gasteiger partial charge in [0.1, 0.15) is 0 Å². The summed E-state index contributed by atoms with van der Waals surface area (Å²) in [5.41, 5.74) is 11.6. The topological polar surface area (TPSA) is 41.8 Å². The van der Waals surface area contributed by atoms with E-state index in [9.17, 15) is 0 Å². The third kappa shape index (κ3) is 1.54. The zero-order valence-corrected chi connectivity index (χ0v) is 9.72. The minimum Gasteiger partial charge on any atom is -0.361 e. The van der Waals surface area contributed by atoms with Gasteiger partial charge in [-0.2, -0.15) is 0 Å². The van der Waals surface area contributed by atoms with Crippen LogP contribution in [0.3, 0.4) is 0 Å². The van der Waals surface area contributed by atoms with Crippen LogP contribution in [-0.2, 0) is 19.3 Å². The summed E-state index contributed by atoms with van der Waals surface area (Å²) < 4.78 is 0. The lowest BCUT2D eigenvalue weighted by atomic mass is 10.0. The molecule has 1 aliphatic carbocycles. The van der Waals surface area contributed by atoms with Crippen molar-refractivity contribution in [2.24, 2.45) is 5.73 Å². The van der Waals surface area contributed by atoms with E-state index < -0.39 is 0 Å². The second-order valence-electron chi connectivity index (χ2n) is 5.02. The average Bonchev–Trinajstić information content (AvgIpc) is 2.81. The van der Waals surface area contributed by atoms with E-state index in [2.05, 4.69) is 30.2 Å². The summed E-state index contributed by atoms with van der Waals surface area (Å²) in [5.74, 6) is 0. The second-order valence-corrected chi connectivity index (χ2v) is 5.02. The Kier molecular flexibility index (Phi) is 2.25. The summed E-state index contributed by atoms with van der Waals surface area (Å²) in [5, 5.41) is 1.37. The lowest BCUT2D eigenvalue weighted by Crippen LogP contribution is -2.17. The lowest BCUT2D eigenvalue weighted by Gasteiger charge is -2.04. The van der Waals surface area contributed by atoms with Crippen molar-refractivity contribution < 1.29 is 0 Å². The summed E-state index contributed by atoms with van der Waals surface area (Å²) in [7, 11) is 0. The highest BCUT2D eigenvalue weighted by Gasteiger charge is 2.14. The molecule has 0 aliphatic heterocycles. The molecule has 2 nitrogen and oxygen atoms in total. The minimum absolute atomic E-state index is 0.229. The Balaban J connectivity index is 2.12. The number of aryl methyl sites for hydroxylation is 2. The molecule has 2 aromatic rings. The van der Waals surface area contributed by atoms with E-state index in [1.807, 2.05) is 0 Å². The predicted octanol–water partition coefficient (Wildman–Crippen LogP) is 2.55. The Labute approximate surface area is 95.8 Å². The number of fused-ring (bicyclic) bond motifs is 2. The molecule has 0 radical (unpaired) electrons. The SMILES string of the molecule is CC(N)Cc1c[nH]c2cc3c(cc12)CCC3. The summed E-state index contributed by atoms with van der Waals surface area (Å²) >= 11 is 0. The number of hydrogen-bond donors (Lipinski definition) is 2. The summed E-state index contributed by atoms with van der Waals surface area (Å²) in [6, 6.07) is 4.92. The van der Waals surface area contributed by atoms with E-state index in [1.54, 1.807) is 0 Å². The van der Waals surface area contributed by atoms with Crippen LogP contribution in [0.1, 0.15) is 30.0 Å². The lowest BCUT2D eigenvalue weighted by molar-refractivity contribution is 0.741. The fraction of sp³-hybridized carbons (Fsp3) is 0.429. The quantitative estimate of drug-likeness (QED) is 0.792. The largest absolute Gasteiger partial charge is 0.361 e. The van der Waals surface area contributed by atoms with E-state index >= 15 is 0 Å². The number of nitrogens with two attached hydrogens (primary N) is 1. The Morgan fingerprint density at radius 3 is 2.81 bits per heavy atom. The average molecular weight is 214 g/mol. The zero-order chi connectivity index (χ0) is 11.1. The van der Waals surface area contributed by atoms with E-state index in [0.717, 1.165) is 6.42 Å². The van der Waals surface area contributed by atoms with Gasteiger partial charge in [0.05, 0.1) is 0 Å². The molecule has 3 N–H and O–H groups in total. The Morgan fingerprint density at radius 1 is 1.31 bits per heavy atom. The van der Waals surface area contributed by atoms with Crippen LogP contribution in [0.2, 0.25) is 0 Å². The number of benzene rings is 1. The summed E-state index contributed by atoms with van der Waals surface area (Å²) in [6.45, 7) is 2.06. The van der Waals surface area contributed by atoms with Crippen molar-refractivity contribution in [2.75, 3.05) is 0 Å². The van der Waals surface area contributed by atoms with Gasteiger partial charge < -0.3 is 10.7 Å². The molecule has 0 fully saturated rings. The van der Waals surface area contributed by atoms with E-state index in [1.165, 1.54) is 46.9 Å². The molecule has 3 rings (SSSR count). The first kappa shape index (κ1) is 9.91. The van der Waals surface area contributed by atoms with Gasteiger partial charge in [0, 0.05) is 23.1 Å². The van der Waals surface area contributed by atoms with E-state index in [4.69, 9.17) is 5.73 Å². The molecule has 0 amide bonds. The first-order chi connectivity index (χ1) is 7.74. The van der Waals surface area contributed by atoms with Crippen LogP contribution in [0.25, 0.3) is 10.9 Å². The van der Waals surface area contributed by atoms with Crippen LogP contribution >= 0.6 is 0 Å². The molecule has 0 bridgehead atoms. The molecule has 0 saturated heterocycles. The van der Waals surface area contributed by atoms with Gasteiger partial charge in [0.25, 0.3) is 0 Å².